The van der Waals surface area contributed by atoms with Crippen LogP contribution in [0.3, 0.4) is 0 Å². The molecule has 2 aromatic rings. The first-order valence-electron chi connectivity index (χ1n) is 7.47. The van der Waals surface area contributed by atoms with Gasteiger partial charge < -0.3 is 0 Å². The summed E-state index contributed by atoms with van der Waals surface area (Å²) in [6.45, 7) is 0.000672. The summed E-state index contributed by atoms with van der Waals surface area (Å²) in [5, 5.41) is 19.5. The predicted octanol–water partition coefficient (Wildman–Crippen LogP) is 3.70. The van der Waals surface area contributed by atoms with E-state index in [1.807, 2.05) is 6.07 Å². The Bertz CT molecular complexity index is 994. The van der Waals surface area contributed by atoms with E-state index < -0.39 is 16.1 Å². The van der Waals surface area contributed by atoms with Gasteiger partial charge in [0.1, 0.15) is 0 Å². The SMILES string of the molecule is N#Cc1ccccc1CN1C(=O)S/C(=C/c2cccc([N+](=O)[O-])c2)C1=O. The first-order chi connectivity index (χ1) is 12.5. The molecule has 2 aromatic carbocycles. The number of benzene rings is 2. The Balaban J connectivity index is 1.86. The molecule has 26 heavy (non-hydrogen) atoms. The Morgan fingerprint density at radius 3 is 2.69 bits per heavy atom. The summed E-state index contributed by atoms with van der Waals surface area (Å²) in [6, 6.07) is 14.6. The molecule has 7 nitrogen and oxygen atoms in total. The quantitative estimate of drug-likeness (QED) is 0.465. The van der Waals surface area contributed by atoms with Crippen molar-refractivity contribution in [3.8, 4) is 6.07 Å². The Labute approximate surface area is 152 Å². The number of non-ortho nitro benzene ring substituents is 1. The van der Waals surface area contributed by atoms with E-state index in [1.54, 1.807) is 30.3 Å². The molecule has 0 N–H and O–H groups in total. The van der Waals surface area contributed by atoms with Gasteiger partial charge in [0.05, 0.1) is 28.0 Å². The zero-order valence-electron chi connectivity index (χ0n) is 13.3. The molecule has 0 aliphatic carbocycles. The van der Waals surface area contributed by atoms with E-state index in [4.69, 9.17) is 5.26 Å². The van der Waals surface area contributed by atoms with Crippen LogP contribution in [0, 0.1) is 21.4 Å². The van der Waals surface area contributed by atoms with E-state index in [9.17, 15) is 19.7 Å². The molecule has 3 rings (SSSR count). The number of hydrogen-bond acceptors (Lipinski definition) is 6. The highest BCUT2D eigenvalue weighted by Gasteiger charge is 2.35. The normalized spacial score (nSPS) is 15.3. The molecule has 2 amide bonds. The molecule has 1 heterocycles. The molecule has 0 aromatic heterocycles. The van der Waals surface area contributed by atoms with Crippen molar-refractivity contribution < 1.29 is 14.5 Å². The van der Waals surface area contributed by atoms with Crippen molar-refractivity contribution in [2.75, 3.05) is 0 Å². The lowest BCUT2D eigenvalue weighted by Gasteiger charge is -2.13. The van der Waals surface area contributed by atoms with Crippen LogP contribution in [0.2, 0.25) is 0 Å². The van der Waals surface area contributed by atoms with Crippen LogP contribution in [0.1, 0.15) is 16.7 Å². The molecule has 0 bridgehead atoms. The molecule has 128 valence electrons. The maximum Gasteiger partial charge on any atom is 0.293 e. The number of carbonyl (C=O) groups is 2. The molecule has 0 saturated carbocycles. The Morgan fingerprint density at radius 2 is 1.96 bits per heavy atom. The first kappa shape index (κ1) is 17.4. The van der Waals surface area contributed by atoms with Crippen molar-refractivity contribution >= 4 is 34.7 Å². The minimum atomic E-state index is -0.526. The van der Waals surface area contributed by atoms with Crippen LogP contribution >= 0.6 is 11.8 Å². The van der Waals surface area contributed by atoms with Crippen molar-refractivity contribution in [2.45, 2.75) is 6.54 Å². The average Bonchev–Trinajstić information content (AvgIpc) is 2.90. The maximum atomic E-state index is 12.5. The lowest BCUT2D eigenvalue weighted by atomic mass is 10.1. The number of hydrogen-bond donors (Lipinski definition) is 0. The highest BCUT2D eigenvalue weighted by molar-refractivity contribution is 8.18. The number of nitro groups is 1. The third-order valence-corrected chi connectivity index (χ3v) is 4.63. The molecule has 0 atom stereocenters. The largest absolute Gasteiger partial charge is 0.293 e. The molecule has 1 aliphatic heterocycles. The fraction of sp³-hybridized carbons (Fsp3) is 0.0556. The summed E-state index contributed by atoms with van der Waals surface area (Å²) in [7, 11) is 0. The molecule has 0 radical (unpaired) electrons. The van der Waals surface area contributed by atoms with Gasteiger partial charge in [0.2, 0.25) is 0 Å². The van der Waals surface area contributed by atoms with Crippen LogP contribution in [-0.4, -0.2) is 21.0 Å². The zero-order valence-corrected chi connectivity index (χ0v) is 14.1. The van der Waals surface area contributed by atoms with Gasteiger partial charge in [0.15, 0.2) is 0 Å². The van der Waals surface area contributed by atoms with Gasteiger partial charge in [-0.3, -0.25) is 24.6 Å². The predicted molar refractivity (Wildman–Crippen MR) is 95.8 cm³/mol. The lowest BCUT2D eigenvalue weighted by Crippen LogP contribution is -2.27. The molecule has 1 fully saturated rings. The molecule has 1 aliphatic rings. The molecule has 0 unspecified atom stereocenters. The number of nitriles is 1. The summed E-state index contributed by atoms with van der Waals surface area (Å²) < 4.78 is 0. The number of thioether (sulfide) groups is 1. The Morgan fingerprint density at radius 1 is 1.19 bits per heavy atom. The van der Waals surface area contributed by atoms with Crippen LogP contribution in [0.4, 0.5) is 10.5 Å². The highest BCUT2D eigenvalue weighted by Crippen LogP contribution is 2.34. The number of carbonyl (C=O) groups excluding carboxylic acids is 2. The molecule has 0 spiro atoms. The monoisotopic (exact) mass is 365 g/mol. The van der Waals surface area contributed by atoms with Gasteiger partial charge in [-0.15, -0.1) is 0 Å². The fourth-order valence-corrected chi connectivity index (χ4v) is 3.29. The van der Waals surface area contributed by atoms with Crippen LogP contribution < -0.4 is 0 Å². The number of nitrogens with zero attached hydrogens (tertiary/aromatic N) is 3. The fourth-order valence-electron chi connectivity index (χ4n) is 2.45. The molecule has 1 saturated heterocycles. The zero-order chi connectivity index (χ0) is 18.7. The minimum absolute atomic E-state index is 0.000672. The topological polar surface area (TPSA) is 104 Å². The third kappa shape index (κ3) is 3.48. The van der Waals surface area contributed by atoms with Gasteiger partial charge >= 0.3 is 0 Å². The van der Waals surface area contributed by atoms with Crippen molar-refractivity contribution in [3.05, 3.63) is 80.2 Å². The second kappa shape index (κ2) is 7.21. The number of nitro benzene ring substituents is 1. The van der Waals surface area contributed by atoms with Gasteiger partial charge in [0, 0.05) is 12.1 Å². The number of imide groups is 1. The molecule has 8 heteroatoms. The summed E-state index contributed by atoms with van der Waals surface area (Å²) >= 11 is 0.769. The first-order valence-corrected chi connectivity index (χ1v) is 8.29. The molecular weight excluding hydrogens is 354 g/mol. The van der Waals surface area contributed by atoms with Gasteiger partial charge in [-0.05, 0) is 35.0 Å². The number of rotatable bonds is 4. The van der Waals surface area contributed by atoms with Crippen molar-refractivity contribution in [1.29, 1.82) is 5.26 Å². The van der Waals surface area contributed by atoms with E-state index in [2.05, 4.69) is 0 Å². The second-order valence-electron chi connectivity index (χ2n) is 5.39. The summed E-state index contributed by atoms with van der Waals surface area (Å²) in [4.78, 5) is 36.3. The Hall–Kier alpha value is -3.44. The van der Waals surface area contributed by atoms with Crippen LogP contribution in [-0.2, 0) is 11.3 Å². The van der Waals surface area contributed by atoms with E-state index in [0.29, 0.717) is 16.7 Å². The highest BCUT2D eigenvalue weighted by atomic mass is 32.2. The van der Waals surface area contributed by atoms with Gasteiger partial charge in [-0.2, -0.15) is 5.26 Å². The smallest absolute Gasteiger partial charge is 0.268 e. The second-order valence-corrected chi connectivity index (χ2v) is 6.38. The van der Waals surface area contributed by atoms with Gasteiger partial charge in [0.25, 0.3) is 16.8 Å². The lowest BCUT2D eigenvalue weighted by molar-refractivity contribution is -0.384. The van der Waals surface area contributed by atoms with Crippen LogP contribution in [0.5, 0.6) is 0 Å². The number of amides is 2. The van der Waals surface area contributed by atoms with Crippen molar-refractivity contribution in [3.63, 3.8) is 0 Å². The average molecular weight is 365 g/mol. The maximum absolute atomic E-state index is 12.5. The molecular formula is C18H11N3O4S. The Kier molecular flexibility index (Phi) is 4.82. The van der Waals surface area contributed by atoms with E-state index in [1.165, 1.54) is 24.3 Å². The summed E-state index contributed by atoms with van der Waals surface area (Å²) in [5.74, 6) is -0.487. The summed E-state index contributed by atoms with van der Waals surface area (Å²) in [5.41, 5.74) is 1.34. The van der Waals surface area contributed by atoms with E-state index in [0.717, 1.165) is 16.7 Å². The van der Waals surface area contributed by atoms with Gasteiger partial charge in [-0.1, -0.05) is 30.3 Å². The standard InChI is InChI=1S/C18H11N3O4S/c19-10-13-5-1-2-6-14(13)11-20-17(22)16(26-18(20)23)9-12-4-3-7-15(8-12)21(24)25/h1-9H,11H2/b16-9+. The van der Waals surface area contributed by atoms with Crippen LogP contribution in [0.15, 0.2) is 53.4 Å². The van der Waals surface area contributed by atoms with Crippen molar-refractivity contribution in [1.82, 2.24) is 4.90 Å². The third-order valence-electron chi connectivity index (χ3n) is 3.72. The summed E-state index contributed by atoms with van der Waals surface area (Å²) in [6.07, 6.45) is 1.45. The van der Waals surface area contributed by atoms with Gasteiger partial charge in [-0.25, -0.2) is 0 Å². The van der Waals surface area contributed by atoms with Crippen molar-refractivity contribution in [2.24, 2.45) is 0 Å². The van der Waals surface area contributed by atoms with Crippen LogP contribution in [0.25, 0.3) is 6.08 Å². The van der Waals surface area contributed by atoms with E-state index in [-0.39, 0.29) is 17.1 Å². The minimum Gasteiger partial charge on any atom is -0.268 e. The van der Waals surface area contributed by atoms with E-state index >= 15 is 0 Å².